The van der Waals surface area contributed by atoms with E-state index < -0.39 is 42.3 Å². The average Bonchev–Trinajstić information content (AvgIpc) is 3.62. The van der Waals surface area contributed by atoms with Crippen LogP contribution in [-0.2, 0) is 0 Å². The van der Waals surface area contributed by atoms with E-state index in [2.05, 4.69) is 0 Å². The van der Waals surface area contributed by atoms with E-state index in [1.807, 2.05) is 0 Å². The summed E-state index contributed by atoms with van der Waals surface area (Å²) in [7, 11) is 0. The fraction of sp³-hybridized carbons (Fsp3) is 0. The summed E-state index contributed by atoms with van der Waals surface area (Å²) >= 11 is 0. The molecule has 0 spiro atoms. The smallest absolute Gasteiger partial charge is 0.136 e. The first-order chi connectivity index (χ1) is 26.8. The number of furan rings is 1. The van der Waals surface area contributed by atoms with Crippen molar-refractivity contribution in [3.63, 3.8) is 0 Å². The lowest BCUT2D eigenvalue weighted by Crippen LogP contribution is -1.92. The van der Waals surface area contributed by atoms with Crippen LogP contribution < -0.4 is 0 Å². The molecule has 1 heteroatoms. The Hall–Kier alpha value is -5.66. The van der Waals surface area contributed by atoms with Gasteiger partial charge in [-0.2, -0.15) is 0 Å². The Morgan fingerprint density at radius 3 is 1.70 bits per heavy atom. The maximum Gasteiger partial charge on any atom is 0.136 e. The third-order valence-corrected chi connectivity index (χ3v) is 7.82. The van der Waals surface area contributed by atoms with Crippen LogP contribution in [0.4, 0.5) is 0 Å². The molecule has 0 saturated carbocycles. The van der Waals surface area contributed by atoms with E-state index in [4.69, 9.17) is 15.4 Å². The van der Waals surface area contributed by atoms with Gasteiger partial charge in [-0.15, -0.1) is 0 Å². The summed E-state index contributed by atoms with van der Waals surface area (Å²) in [6.07, 6.45) is 0. The zero-order chi connectivity index (χ0) is 39.6. The number of benzene rings is 8. The first-order valence-electron chi connectivity index (χ1n) is 20.2. The van der Waals surface area contributed by atoms with Crippen LogP contribution in [-0.4, -0.2) is 0 Å². The molecule has 8 aromatic carbocycles. The number of para-hydroxylation sites is 1. The van der Waals surface area contributed by atoms with Gasteiger partial charge in [0.25, 0.3) is 0 Å². The van der Waals surface area contributed by atoms with E-state index in [-0.39, 0.29) is 85.7 Å². The van der Waals surface area contributed by atoms with E-state index in [9.17, 15) is 6.85 Å². The van der Waals surface area contributed by atoms with Gasteiger partial charge < -0.3 is 4.42 Å². The lowest BCUT2D eigenvalue weighted by molar-refractivity contribution is 0.669. The zero-order valence-electron chi connectivity index (χ0n) is 35.4. The molecule has 0 N–H and O–H groups in total. The maximum absolute atomic E-state index is 9.78. The SMILES string of the molecule is [2H]c1c([2H])c([2H])c2c(oc3c([2H])c(-c4c5ccccc5c(-c5c([2H])c(-c6ccccc6)c6c([2H])c([2H])c([2H])c([2H])c6c5[2H])c5ccccc45)c([2H])c([2H])c32)c1[2H]. The molecule has 0 saturated heterocycles. The Labute approximate surface area is 267 Å². The molecule has 9 aromatic rings. The molecule has 0 bridgehead atoms. The molecule has 0 aliphatic heterocycles. The normalized spacial score (nSPS) is 16.0. The fourth-order valence-corrected chi connectivity index (χ4v) is 5.97. The molecule has 0 aliphatic rings. The van der Waals surface area contributed by atoms with Crippen molar-refractivity contribution in [3.8, 4) is 33.4 Å². The summed E-state index contributed by atoms with van der Waals surface area (Å²) in [5, 5.41) is 1.90. The van der Waals surface area contributed by atoms with Crippen LogP contribution in [0.1, 0.15) is 17.8 Å². The number of hydrogen-bond donors (Lipinski definition) is 0. The first kappa shape index (κ1) is 14.5. The van der Waals surface area contributed by atoms with Gasteiger partial charge in [0.1, 0.15) is 11.2 Å². The van der Waals surface area contributed by atoms with Crippen molar-refractivity contribution in [1.82, 2.24) is 0 Å². The molecule has 0 unspecified atom stereocenters. The summed E-state index contributed by atoms with van der Waals surface area (Å²) in [6, 6.07) is 17.9. The lowest BCUT2D eigenvalue weighted by Gasteiger charge is -2.19. The highest BCUT2D eigenvalue weighted by molar-refractivity contribution is 6.22. The van der Waals surface area contributed by atoms with Crippen LogP contribution in [0.15, 0.2) is 162 Å². The van der Waals surface area contributed by atoms with Gasteiger partial charge in [-0.05, 0) is 95.9 Å². The highest BCUT2D eigenvalue weighted by Gasteiger charge is 2.19. The van der Waals surface area contributed by atoms with Crippen LogP contribution in [0.5, 0.6) is 0 Å². The minimum Gasteiger partial charge on any atom is -0.456 e. The molecule has 0 fully saturated rings. The third-order valence-electron chi connectivity index (χ3n) is 7.82. The van der Waals surface area contributed by atoms with Crippen LogP contribution in [0.3, 0.4) is 0 Å². The Kier molecular flexibility index (Phi) is 3.18. The lowest BCUT2D eigenvalue weighted by atomic mass is 9.84. The molecule has 1 heterocycles. The molecular weight excluding hydrogens is 520 g/mol. The topological polar surface area (TPSA) is 13.1 Å². The van der Waals surface area contributed by atoms with E-state index in [0.29, 0.717) is 38.2 Å². The van der Waals surface area contributed by atoms with Crippen LogP contribution >= 0.6 is 0 Å². The van der Waals surface area contributed by atoms with Crippen molar-refractivity contribution in [2.24, 2.45) is 0 Å². The molecule has 1 aromatic heterocycles. The van der Waals surface area contributed by atoms with Crippen molar-refractivity contribution in [3.05, 3.63) is 157 Å². The van der Waals surface area contributed by atoms with E-state index >= 15 is 0 Å². The first-order valence-corrected chi connectivity index (χ1v) is 13.7. The van der Waals surface area contributed by atoms with Crippen molar-refractivity contribution < 1.29 is 22.2 Å². The van der Waals surface area contributed by atoms with Gasteiger partial charge in [0.05, 0.1) is 17.8 Å². The highest BCUT2D eigenvalue weighted by atomic mass is 16.3. The van der Waals surface area contributed by atoms with E-state index in [1.54, 1.807) is 78.9 Å². The average molecular weight is 560 g/mol. The standard InChI is InChI=1S/C42H26O/c1-2-12-27(13-3-1)38-25-30(24-28-14-4-5-15-31(28)38)42-36-19-8-6-17-34(36)41(35-18-7-9-20-37(35)42)29-22-23-33-32-16-10-11-21-39(32)43-40(33)26-29/h1-26H/i4D,5D,10D,11D,14D,15D,16D,21D,22D,23D,24D,25D,26D. The van der Waals surface area contributed by atoms with Gasteiger partial charge in [0, 0.05) is 10.8 Å². The summed E-state index contributed by atoms with van der Waals surface area (Å²) in [6.45, 7) is 0. The molecular formula is C42H26O. The van der Waals surface area contributed by atoms with Crippen LogP contribution in [0, 0.1) is 0 Å². The Bertz CT molecular complexity index is 3170. The van der Waals surface area contributed by atoms with E-state index in [0.717, 1.165) is 0 Å². The van der Waals surface area contributed by atoms with Gasteiger partial charge in [-0.1, -0.05) is 127 Å². The second kappa shape index (κ2) is 9.44. The van der Waals surface area contributed by atoms with Crippen LogP contribution in [0.2, 0.25) is 0 Å². The second-order valence-corrected chi connectivity index (χ2v) is 10.2. The Balaban J connectivity index is 1.47. The number of fused-ring (bicyclic) bond motifs is 6. The second-order valence-electron chi connectivity index (χ2n) is 10.2. The fourth-order valence-electron chi connectivity index (χ4n) is 5.97. The summed E-state index contributed by atoms with van der Waals surface area (Å²) in [5.41, 5.74) is 1.33. The minimum absolute atomic E-state index is 0.0190. The maximum atomic E-state index is 9.78. The minimum atomic E-state index is -0.527. The van der Waals surface area contributed by atoms with Crippen LogP contribution in [0.25, 0.3) is 87.6 Å². The monoisotopic (exact) mass is 559 g/mol. The number of rotatable bonds is 3. The summed E-state index contributed by atoms with van der Waals surface area (Å²) < 4.78 is 122. The third kappa shape index (κ3) is 3.72. The van der Waals surface area contributed by atoms with Gasteiger partial charge in [0.15, 0.2) is 0 Å². The largest absolute Gasteiger partial charge is 0.456 e. The molecule has 0 aliphatic carbocycles. The summed E-state index contributed by atoms with van der Waals surface area (Å²) in [4.78, 5) is 0. The predicted molar refractivity (Wildman–Crippen MR) is 183 cm³/mol. The van der Waals surface area contributed by atoms with Crippen molar-refractivity contribution in [1.29, 1.82) is 0 Å². The molecule has 1 nitrogen and oxygen atoms in total. The Morgan fingerprint density at radius 1 is 0.395 bits per heavy atom. The molecule has 0 atom stereocenters. The quantitative estimate of drug-likeness (QED) is 0.196. The van der Waals surface area contributed by atoms with Gasteiger partial charge in [0.2, 0.25) is 0 Å². The zero-order valence-corrected chi connectivity index (χ0v) is 22.4. The molecule has 0 amide bonds. The van der Waals surface area contributed by atoms with Crippen molar-refractivity contribution >= 4 is 54.3 Å². The van der Waals surface area contributed by atoms with Gasteiger partial charge >= 0.3 is 0 Å². The molecule has 0 radical (unpaired) electrons. The van der Waals surface area contributed by atoms with Crippen molar-refractivity contribution in [2.45, 2.75) is 0 Å². The number of hydrogen-bond acceptors (Lipinski definition) is 1. The molecule has 200 valence electrons. The molecule has 9 rings (SSSR count). The van der Waals surface area contributed by atoms with Gasteiger partial charge in [-0.3, -0.25) is 0 Å². The van der Waals surface area contributed by atoms with Crippen molar-refractivity contribution in [2.75, 3.05) is 0 Å². The summed E-state index contributed by atoms with van der Waals surface area (Å²) in [5.74, 6) is 0. The predicted octanol–water partition coefficient (Wildman–Crippen LogP) is 12.0. The molecule has 43 heavy (non-hydrogen) atoms. The van der Waals surface area contributed by atoms with E-state index in [1.165, 1.54) is 0 Å². The highest BCUT2D eigenvalue weighted by Crippen LogP contribution is 2.46. The van der Waals surface area contributed by atoms with Gasteiger partial charge in [-0.25, -0.2) is 0 Å². The Morgan fingerprint density at radius 2 is 0.977 bits per heavy atom.